The molecule has 0 aromatic rings. The quantitative estimate of drug-likeness (QED) is 0.634. The van der Waals surface area contributed by atoms with Gasteiger partial charge in [-0.3, -0.25) is 9.79 Å². The first kappa shape index (κ1) is 10.7. The molecule has 0 saturated heterocycles. The van der Waals surface area contributed by atoms with Gasteiger partial charge in [-0.05, 0) is 19.4 Å². The lowest BCUT2D eigenvalue weighted by Crippen LogP contribution is -2.16. The molecule has 14 heavy (non-hydrogen) atoms. The first-order valence-corrected chi connectivity index (χ1v) is 4.84. The second-order valence-electron chi connectivity index (χ2n) is 3.32. The molecule has 1 aliphatic heterocycles. The van der Waals surface area contributed by atoms with Crippen molar-refractivity contribution in [2.75, 3.05) is 13.6 Å². The van der Waals surface area contributed by atoms with Crippen LogP contribution in [0, 0.1) is 5.92 Å². The average Bonchev–Trinajstić information content (AvgIpc) is 2.26. The van der Waals surface area contributed by atoms with Gasteiger partial charge in [-0.2, -0.15) is 0 Å². The minimum Gasteiger partial charge on any atom is -0.381 e. The minimum absolute atomic E-state index is 0.0680. The van der Waals surface area contributed by atoms with Crippen LogP contribution in [0.5, 0.6) is 0 Å². The molecule has 0 saturated carbocycles. The molecule has 3 heteroatoms. The van der Waals surface area contributed by atoms with Crippen LogP contribution in [0.15, 0.2) is 29.5 Å². The molecule has 1 aliphatic rings. The van der Waals surface area contributed by atoms with Crippen LogP contribution < -0.4 is 0 Å². The predicted octanol–water partition coefficient (Wildman–Crippen LogP) is 1.63. The number of rotatable bonds is 4. The van der Waals surface area contributed by atoms with Gasteiger partial charge in [-0.1, -0.05) is 6.08 Å². The van der Waals surface area contributed by atoms with Gasteiger partial charge >= 0.3 is 0 Å². The number of hydrogen-bond acceptors (Lipinski definition) is 3. The molecule has 0 amide bonds. The van der Waals surface area contributed by atoms with Crippen LogP contribution in [-0.2, 0) is 4.79 Å². The molecule has 3 nitrogen and oxygen atoms in total. The fourth-order valence-electron chi connectivity index (χ4n) is 1.10. The van der Waals surface area contributed by atoms with Crippen molar-refractivity contribution in [1.82, 2.24) is 4.90 Å². The third kappa shape index (κ3) is 3.17. The molecule has 0 N–H and O–H groups in total. The van der Waals surface area contributed by atoms with E-state index in [4.69, 9.17) is 0 Å². The summed E-state index contributed by atoms with van der Waals surface area (Å²) in [7, 11) is 1.94. The van der Waals surface area contributed by atoms with Gasteiger partial charge in [0.2, 0.25) is 0 Å². The van der Waals surface area contributed by atoms with Gasteiger partial charge in [0.25, 0.3) is 0 Å². The molecular formula is C11H16N2O. The summed E-state index contributed by atoms with van der Waals surface area (Å²) in [6, 6.07) is 0. The van der Waals surface area contributed by atoms with E-state index in [1.165, 1.54) is 0 Å². The molecule has 0 fully saturated rings. The first-order valence-electron chi connectivity index (χ1n) is 4.84. The zero-order valence-electron chi connectivity index (χ0n) is 8.68. The number of allylic oxidation sites excluding steroid dienone is 2. The molecule has 1 unspecified atom stereocenters. The average molecular weight is 192 g/mol. The second-order valence-corrected chi connectivity index (χ2v) is 3.32. The van der Waals surface area contributed by atoms with E-state index in [0.29, 0.717) is 0 Å². The molecule has 0 aromatic heterocycles. The van der Waals surface area contributed by atoms with E-state index < -0.39 is 0 Å². The Morgan fingerprint density at radius 1 is 1.71 bits per heavy atom. The summed E-state index contributed by atoms with van der Waals surface area (Å²) in [5.41, 5.74) is 0. The Balaban J connectivity index is 2.46. The highest BCUT2D eigenvalue weighted by atomic mass is 16.1. The lowest BCUT2D eigenvalue weighted by atomic mass is 10.0. The lowest BCUT2D eigenvalue weighted by molar-refractivity contribution is -0.116. The summed E-state index contributed by atoms with van der Waals surface area (Å²) in [6.07, 6.45) is 9.56. The van der Waals surface area contributed by atoms with Crippen molar-refractivity contribution in [2.45, 2.75) is 13.3 Å². The molecular weight excluding hydrogens is 176 g/mol. The van der Waals surface area contributed by atoms with Crippen molar-refractivity contribution >= 4 is 12.0 Å². The molecule has 0 radical (unpaired) electrons. The van der Waals surface area contributed by atoms with E-state index in [1.807, 2.05) is 31.1 Å². The normalized spacial score (nSPS) is 20.3. The lowest BCUT2D eigenvalue weighted by Gasteiger charge is -2.11. The molecule has 0 aromatic carbocycles. The third-order valence-corrected chi connectivity index (χ3v) is 2.21. The van der Waals surface area contributed by atoms with Gasteiger partial charge < -0.3 is 4.90 Å². The van der Waals surface area contributed by atoms with E-state index in [-0.39, 0.29) is 11.7 Å². The maximum Gasteiger partial charge on any atom is 0.165 e. The Morgan fingerprint density at radius 3 is 3.07 bits per heavy atom. The van der Waals surface area contributed by atoms with E-state index in [9.17, 15) is 4.79 Å². The molecule has 0 aliphatic carbocycles. The van der Waals surface area contributed by atoms with Crippen molar-refractivity contribution in [2.24, 2.45) is 10.9 Å². The Morgan fingerprint density at radius 2 is 2.50 bits per heavy atom. The van der Waals surface area contributed by atoms with E-state index in [1.54, 1.807) is 18.5 Å². The van der Waals surface area contributed by atoms with Gasteiger partial charge in [-0.25, -0.2) is 0 Å². The fourth-order valence-corrected chi connectivity index (χ4v) is 1.10. The standard InChI is InChI=1S/C11H16N2O/c1-3-13(2)8-6-11(14)10-5-4-7-12-9-10/h4,6-10H,3,5H2,1-2H3/b8-6+. The highest BCUT2D eigenvalue weighted by molar-refractivity contribution is 6.02. The number of nitrogens with zero attached hydrogens (tertiary/aromatic N) is 2. The van der Waals surface area contributed by atoms with Gasteiger partial charge in [0.15, 0.2) is 5.78 Å². The Kier molecular flexibility index (Phi) is 4.11. The van der Waals surface area contributed by atoms with E-state index >= 15 is 0 Å². The fraction of sp³-hybridized carbons (Fsp3) is 0.455. The van der Waals surface area contributed by atoms with Crippen molar-refractivity contribution in [3.8, 4) is 0 Å². The van der Waals surface area contributed by atoms with Crippen molar-refractivity contribution < 1.29 is 4.79 Å². The molecule has 1 atom stereocenters. The van der Waals surface area contributed by atoms with Gasteiger partial charge in [0, 0.05) is 32.2 Å². The Hall–Kier alpha value is -1.38. The highest BCUT2D eigenvalue weighted by Crippen LogP contribution is 2.08. The number of hydrogen-bond donors (Lipinski definition) is 0. The summed E-state index contributed by atoms with van der Waals surface area (Å²) in [5.74, 6) is 0.0555. The van der Waals surface area contributed by atoms with Crippen LogP contribution in [0.3, 0.4) is 0 Å². The summed E-state index contributed by atoms with van der Waals surface area (Å²) < 4.78 is 0. The summed E-state index contributed by atoms with van der Waals surface area (Å²) in [6.45, 7) is 2.95. The van der Waals surface area contributed by atoms with Crippen LogP contribution in [0.25, 0.3) is 0 Å². The number of ketones is 1. The Labute approximate surface area is 84.8 Å². The van der Waals surface area contributed by atoms with E-state index in [2.05, 4.69) is 4.99 Å². The Bertz CT molecular complexity index is 279. The largest absolute Gasteiger partial charge is 0.381 e. The topological polar surface area (TPSA) is 32.7 Å². The summed E-state index contributed by atoms with van der Waals surface area (Å²) >= 11 is 0. The summed E-state index contributed by atoms with van der Waals surface area (Å²) in [5, 5.41) is 0. The second kappa shape index (κ2) is 5.37. The molecule has 76 valence electrons. The zero-order valence-corrected chi connectivity index (χ0v) is 8.68. The number of carbonyl (C=O) groups is 1. The van der Waals surface area contributed by atoms with Gasteiger partial charge in [-0.15, -0.1) is 0 Å². The smallest absolute Gasteiger partial charge is 0.165 e. The molecule has 1 heterocycles. The third-order valence-electron chi connectivity index (χ3n) is 2.21. The zero-order chi connectivity index (χ0) is 10.4. The van der Waals surface area contributed by atoms with Crippen molar-refractivity contribution in [3.05, 3.63) is 24.6 Å². The SMILES string of the molecule is CCN(C)/C=C/C(=O)C1C=NC=CC1. The predicted molar refractivity (Wildman–Crippen MR) is 58.2 cm³/mol. The summed E-state index contributed by atoms with van der Waals surface area (Å²) in [4.78, 5) is 17.5. The number of aliphatic imine (C=N–C) groups is 1. The minimum atomic E-state index is -0.0680. The van der Waals surface area contributed by atoms with Crippen molar-refractivity contribution in [1.29, 1.82) is 0 Å². The van der Waals surface area contributed by atoms with Crippen LogP contribution >= 0.6 is 0 Å². The number of carbonyl (C=O) groups excluding carboxylic acids is 1. The maximum atomic E-state index is 11.6. The molecule has 1 rings (SSSR count). The van der Waals surface area contributed by atoms with Crippen LogP contribution in [0.4, 0.5) is 0 Å². The van der Waals surface area contributed by atoms with Crippen LogP contribution in [0.2, 0.25) is 0 Å². The molecule has 0 bridgehead atoms. The van der Waals surface area contributed by atoms with Gasteiger partial charge in [0.05, 0.1) is 5.92 Å². The van der Waals surface area contributed by atoms with Crippen molar-refractivity contribution in [3.63, 3.8) is 0 Å². The maximum absolute atomic E-state index is 11.6. The van der Waals surface area contributed by atoms with Gasteiger partial charge in [0.1, 0.15) is 0 Å². The molecule has 0 spiro atoms. The van der Waals surface area contributed by atoms with Crippen LogP contribution in [-0.4, -0.2) is 30.5 Å². The highest BCUT2D eigenvalue weighted by Gasteiger charge is 2.13. The van der Waals surface area contributed by atoms with Crippen LogP contribution in [0.1, 0.15) is 13.3 Å². The van der Waals surface area contributed by atoms with E-state index in [0.717, 1.165) is 13.0 Å². The monoisotopic (exact) mass is 192 g/mol. The first-order chi connectivity index (χ1) is 6.74.